The number of benzene rings is 3. The zero-order chi connectivity index (χ0) is 24.2. The Morgan fingerprint density at radius 3 is 1.32 bits per heavy atom. The third kappa shape index (κ3) is 8.98. The summed E-state index contributed by atoms with van der Waals surface area (Å²) in [5, 5.41) is 5.46. The molecule has 0 fully saturated rings. The maximum Gasteiger partial charge on any atom is 0.411 e. The van der Waals surface area contributed by atoms with E-state index in [1.807, 2.05) is 74.5 Å². The topological polar surface area (TPSA) is 76.7 Å². The number of aryl methyl sites for hydroxylation is 2. The highest BCUT2D eigenvalue weighted by molar-refractivity contribution is 5.85. The molecule has 178 valence electrons. The normalized spacial score (nSPS) is 12.3. The molecule has 6 nitrogen and oxygen atoms in total. The lowest BCUT2D eigenvalue weighted by molar-refractivity contribution is 0.115. The second kappa shape index (κ2) is 13.0. The van der Waals surface area contributed by atoms with Gasteiger partial charge in [-0.2, -0.15) is 0 Å². The first-order chi connectivity index (χ1) is 16.5. The number of ether oxygens (including phenoxy) is 2. The van der Waals surface area contributed by atoms with Crippen LogP contribution in [0.2, 0.25) is 0 Å². The molecule has 3 aromatic carbocycles. The molecule has 0 spiro atoms. The molecule has 0 aliphatic rings. The summed E-state index contributed by atoms with van der Waals surface area (Å²) >= 11 is 0. The van der Waals surface area contributed by atoms with Gasteiger partial charge in [-0.3, -0.25) is 10.6 Å². The maximum atomic E-state index is 12.0. The minimum atomic E-state index is -0.442. The minimum Gasteiger partial charge on any atom is -0.446 e. The maximum absolute atomic E-state index is 12.0. The molecule has 0 heterocycles. The highest BCUT2D eigenvalue weighted by Gasteiger charge is 2.11. The van der Waals surface area contributed by atoms with Crippen molar-refractivity contribution in [1.29, 1.82) is 0 Å². The van der Waals surface area contributed by atoms with Gasteiger partial charge in [-0.15, -0.1) is 0 Å². The molecular formula is C28H32N2O4. The molecule has 0 unspecified atom stereocenters. The van der Waals surface area contributed by atoms with E-state index in [1.54, 1.807) is 0 Å². The predicted molar refractivity (Wildman–Crippen MR) is 135 cm³/mol. The van der Waals surface area contributed by atoms with Crippen LogP contribution in [-0.4, -0.2) is 24.4 Å². The Labute approximate surface area is 201 Å². The standard InChI is InChI=1S/C28H32N2O4/c1-21(33-27(31)29-25-9-5-3-6-10-25)13-15-23-17-19-24(20-18-23)16-14-22(2)34-28(32)30-26-11-7-4-8-12-26/h3-12,17-22H,13-16H2,1-2H3,(H,29,31)(H,30,32)/t21-,22+. The van der Waals surface area contributed by atoms with Crippen LogP contribution in [0, 0.1) is 0 Å². The summed E-state index contributed by atoms with van der Waals surface area (Å²) < 4.78 is 10.9. The van der Waals surface area contributed by atoms with Crippen molar-refractivity contribution in [3.05, 3.63) is 96.1 Å². The molecule has 2 atom stereocenters. The average Bonchev–Trinajstić information content (AvgIpc) is 2.83. The number of hydrogen-bond donors (Lipinski definition) is 2. The van der Waals surface area contributed by atoms with Crippen LogP contribution in [0.1, 0.15) is 37.8 Å². The molecule has 0 radical (unpaired) electrons. The van der Waals surface area contributed by atoms with Gasteiger partial charge in [-0.1, -0.05) is 60.7 Å². The van der Waals surface area contributed by atoms with Crippen molar-refractivity contribution in [2.75, 3.05) is 10.6 Å². The molecule has 6 heteroatoms. The van der Waals surface area contributed by atoms with Crippen molar-refractivity contribution in [2.24, 2.45) is 0 Å². The third-order valence-electron chi connectivity index (χ3n) is 5.36. The molecule has 3 aromatic rings. The Morgan fingerprint density at radius 1 is 0.618 bits per heavy atom. The number of rotatable bonds is 10. The Balaban J connectivity index is 1.34. The lowest BCUT2D eigenvalue weighted by Crippen LogP contribution is -2.20. The van der Waals surface area contributed by atoms with E-state index in [9.17, 15) is 9.59 Å². The number of carbonyl (C=O) groups is 2. The average molecular weight is 461 g/mol. The molecule has 0 aliphatic heterocycles. The predicted octanol–water partition coefficient (Wildman–Crippen LogP) is 6.83. The van der Waals surface area contributed by atoms with Gasteiger partial charge in [0.05, 0.1) is 0 Å². The summed E-state index contributed by atoms with van der Waals surface area (Å²) in [7, 11) is 0. The van der Waals surface area contributed by atoms with E-state index in [1.165, 1.54) is 11.1 Å². The van der Waals surface area contributed by atoms with E-state index in [0.29, 0.717) is 11.4 Å². The molecule has 0 aliphatic carbocycles. The minimum absolute atomic E-state index is 0.191. The first kappa shape index (κ1) is 24.8. The smallest absolute Gasteiger partial charge is 0.411 e. The number of carbonyl (C=O) groups excluding carboxylic acids is 2. The molecule has 0 saturated carbocycles. The zero-order valence-electron chi connectivity index (χ0n) is 19.7. The Hall–Kier alpha value is -3.80. The summed E-state index contributed by atoms with van der Waals surface area (Å²) in [6, 6.07) is 26.9. The van der Waals surface area contributed by atoms with Gasteiger partial charge in [0, 0.05) is 11.4 Å². The van der Waals surface area contributed by atoms with Gasteiger partial charge in [0.2, 0.25) is 0 Å². The van der Waals surface area contributed by atoms with Crippen LogP contribution in [0.15, 0.2) is 84.9 Å². The SMILES string of the molecule is C[C@H](CCc1ccc(CC[C@H](C)OC(=O)Nc2ccccc2)cc1)OC(=O)Nc1ccccc1. The van der Waals surface area contributed by atoms with E-state index in [2.05, 4.69) is 34.9 Å². The molecular weight excluding hydrogens is 428 g/mol. The number of amides is 2. The number of anilines is 2. The first-order valence-electron chi connectivity index (χ1n) is 11.6. The first-order valence-corrected chi connectivity index (χ1v) is 11.6. The lowest BCUT2D eigenvalue weighted by atomic mass is 10.0. The zero-order valence-corrected chi connectivity index (χ0v) is 19.7. The van der Waals surface area contributed by atoms with Gasteiger partial charge >= 0.3 is 12.2 Å². The van der Waals surface area contributed by atoms with E-state index in [-0.39, 0.29) is 12.2 Å². The number of hydrogen-bond acceptors (Lipinski definition) is 4. The van der Waals surface area contributed by atoms with Crippen molar-refractivity contribution < 1.29 is 19.1 Å². The van der Waals surface area contributed by atoms with Crippen LogP contribution >= 0.6 is 0 Å². The van der Waals surface area contributed by atoms with Crippen LogP contribution < -0.4 is 10.6 Å². The largest absolute Gasteiger partial charge is 0.446 e. The van der Waals surface area contributed by atoms with Crippen LogP contribution in [0.3, 0.4) is 0 Å². The molecule has 3 rings (SSSR count). The van der Waals surface area contributed by atoms with Crippen LogP contribution in [0.5, 0.6) is 0 Å². The molecule has 0 saturated heterocycles. The van der Waals surface area contributed by atoms with Gasteiger partial charge in [0.25, 0.3) is 0 Å². The molecule has 0 bridgehead atoms. The Kier molecular flexibility index (Phi) is 9.52. The summed E-state index contributed by atoms with van der Waals surface area (Å²) in [4.78, 5) is 24.0. The fourth-order valence-corrected chi connectivity index (χ4v) is 3.43. The second-order valence-electron chi connectivity index (χ2n) is 8.31. The number of nitrogens with one attached hydrogen (secondary N) is 2. The Morgan fingerprint density at radius 2 is 0.971 bits per heavy atom. The summed E-state index contributed by atoms with van der Waals surface area (Å²) in [5.74, 6) is 0. The Bertz CT molecular complexity index is 939. The summed E-state index contributed by atoms with van der Waals surface area (Å²) in [6.07, 6.45) is 1.85. The van der Waals surface area contributed by atoms with E-state index in [4.69, 9.17) is 9.47 Å². The molecule has 0 aromatic heterocycles. The number of para-hydroxylation sites is 2. The third-order valence-corrected chi connectivity index (χ3v) is 5.36. The van der Waals surface area contributed by atoms with Gasteiger partial charge < -0.3 is 9.47 Å². The van der Waals surface area contributed by atoms with Crippen LogP contribution in [0.4, 0.5) is 21.0 Å². The highest BCUT2D eigenvalue weighted by atomic mass is 16.6. The van der Waals surface area contributed by atoms with Crippen molar-refractivity contribution in [1.82, 2.24) is 0 Å². The van der Waals surface area contributed by atoms with Crippen LogP contribution in [0.25, 0.3) is 0 Å². The van der Waals surface area contributed by atoms with E-state index < -0.39 is 12.2 Å². The van der Waals surface area contributed by atoms with Gasteiger partial charge in [-0.05, 0) is 74.9 Å². The fourth-order valence-electron chi connectivity index (χ4n) is 3.43. The van der Waals surface area contributed by atoms with Crippen LogP contribution in [-0.2, 0) is 22.3 Å². The van der Waals surface area contributed by atoms with Gasteiger partial charge in [0.1, 0.15) is 12.2 Å². The highest BCUT2D eigenvalue weighted by Crippen LogP contribution is 2.14. The van der Waals surface area contributed by atoms with Crippen molar-refractivity contribution in [2.45, 2.75) is 51.7 Å². The molecule has 2 amide bonds. The quantitative estimate of drug-likeness (QED) is 0.348. The van der Waals surface area contributed by atoms with Gasteiger partial charge in [-0.25, -0.2) is 9.59 Å². The lowest BCUT2D eigenvalue weighted by Gasteiger charge is -2.15. The second-order valence-corrected chi connectivity index (χ2v) is 8.31. The van der Waals surface area contributed by atoms with Crippen molar-refractivity contribution >= 4 is 23.6 Å². The summed E-state index contributed by atoms with van der Waals surface area (Å²) in [6.45, 7) is 3.79. The summed E-state index contributed by atoms with van der Waals surface area (Å²) in [5.41, 5.74) is 3.81. The molecule has 34 heavy (non-hydrogen) atoms. The fraction of sp³-hybridized carbons (Fsp3) is 0.286. The van der Waals surface area contributed by atoms with Crippen molar-refractivity contribution in [3.8, 4) is 0 Å². The van der Waals surface area contributed by atoms with E-state index in [0.717, 1.165) is 25.7 Å². The van der Waals surface area contributed by atoms with E-state index >= 15 is 0 Å². The van der Waals surface area contributed by atoms with Gasteiger partial charge in [0.15, 0.2) is 0 Å². The molecule has 2 N–H and O–H groups in total. The van der Waals surface area contributed by atoms with Crippen molar-refractivity contribution in [3.63, 3.8) is 0 Å². The monoisotopic (exact) mass is 460 g/mol.